The summed E-state index contributed by atoms with van der Waals surface area (Å²) in [6.45, 7) is 2.39. The van der Waals surface area contributed by atoms with E-state index in [9.17, 15) is 9.59 Å². The maximum absolute atomic E-state index is 12.4. The summed E-state index contributed by atoms with van der Waals surface area (Å²) in [5.74, 6) is -1.10. The molecule has 2 amide bonds. The normalized spacial score (nSPS) is 10.3. The van der Waals surface area contributed by atoms with Gasteiger partial charge in [0.05, 0.1) is 5.56 Å². The van der Waals surface area contributed by atoms with Crippen molar-refractivity contribution in [1.29, 1.82) is 0 Å². The number of pyridine rings is 1. The van der Waals surface area contributed by atoms with E-state index < -0.39 is 5.91 Å². The van der Waals surface area contributed by atoms with Gasteiger partial charge in [0.15, 0.2) is 0 Å². The average molecular weight is 345 g/mol. The number of aryl methyl sites for hydroxylation is 1. The molecule has 2 aromatic carbocycles. The number of nitrogens with two attached hydrogens (primary N) is 1. The monoisotopic (exact) mass is 345 g/mol. The first-order chi connectivity index (χ1) is 12.6. The number of hydrogen-bond donors (Lipinski definition) is 2. The fourth-order valence-electron chi connectivity index (χ4n) is 2.84. The summed E-state index contributed by atoms with van der Waals surface area (Å²) in [6, 6.07) is 19.3. The third-order valence-corrected chi connectivity index (χ3v) is 4.11. The van der Waals surface area contributed by atoms with Crippen LogP contribution in [0.3, 0.4) is 0 Å². The Bertz CT molecular complexity index is 952. The molecule has 5 nitrogen and oxygen atoms in total. The van der Waals surface area contributed by atoms with E-state index in [2.05, 4.69) is 22.4 Å². The molecule has 0 aliphatic heterocycles. The third-order valence-electron chi connectivity index (χ3n) is 4.11. The van der Waals surface area contributed by atoms with Crippen LogP contribution in [0.5, 0.6) is 0 Å². The molecule has 1 aromatic heterocycles. The zero-order chi connectivity index (χ0) is 18.5. The fraction of sp³-hybridized carbons (Fsp3) is 0.0952. The number of nitrogens with one attached hydrogen (secondary N) is 1. The van der Waals surface area contributed by atoms with Crippen LogP contribution in [0.25, 0.3) is 11.1 Å². The topological polar surface area (TPSA) is 85.1 Å². The number of rotatable bonds is 5. The molecule has 1 heterocycles. The van der Waals surface area contributed by atoms with Crippen molar-refractivity contribution in [3.8, 4) is 11.1 Å². The minimum absolute atomic E-state index is 0.0272. The minimum atomic E-state index is -0.723. The molecule has 0 radical (unpaired) electrons. The van der Waals surface area contributed by atoms with Crippen molar-refractivity contribution in [2.24, 2.45) is 5.73 Å². The highest BCUT2D eigenvalue weighted by Gasteiger charge is 2.15. The third kappa shape index (κ3) is 3.78. The fourth-order valence-corrected chi connectivity index (χ4v) is 2.84. The van der Waals surface area contributed by atoms with Crippen molar-refractivity contribution < 1.29 is 9.59 Å². The Morgan fingerprint density at radius 3 is 2.50 bits per heavy atom. The van der Waals surface area contributed by atoms with E-state index in [0.717, 1.165) is 22.3 Å². The summed E-state index contributed by atoms with van der Waals surface area (Å²) in [5, 5.41) is 2.81. The van der Waals surface area contributed by atoms with Crippen LogP contribution in [0.15, 0.2) is 66.9 Å². The van der Waals surface area contributed by atoms with E-state index >= 15 is 0 Å². The van der Waals surface area contributed by atoms with Gasteiger partial charge in [-0.1, -0.05) is 48.5 Å². The van der Waals surface area contributed by atoms with Crippen LogP contribution in [0.4, 0.5) is 0 Å². The Kier molecular flexibility index (Phi) is 5.08. The molecule has 0 spiro atoms. The van der Waals surface area contributed by atoms with Gasteiger partial charge in [0, 0.05) is 12.7 Å². The number of primary amides is 1. The quantitative estimate of drug-likeness (QED) is 0.745. The predicted molar refractivity (Wildman–Crippen MR) is 101 cm³/mol. The summed E-state index contributed by atoms with van der Waals surface area (Å²) in [4.78, 5) is 27.6. The molecule has 0 unspecified atom stereocenters. The Balaban J connectivity index is 1.74. The van der Waals surface area contributed by atoms with Gasteiger partial charge in [0.2, 0.25) is 0 Å². The van der Waals surface area contributed by atoms with Crippen molar-refractivity contribution in [1.82, 2.24) is 10.3 Å². The van der Waals surface area contributed by atoms with Crippen LogP contribution in [-0.4, -0.2) is 16.8 Å². The van der Waals surface area contributed by atoms with E-state index in [0.29, 0.717) is 6.54 Å². The number of hydrogen-bond acceptors (Lipinski definition) is 3. The molecule has 0 saturated heterocycles. The van der Waals surface area contributed by atoms with Crippen molar-refractivity contribution in [3.63, 3.8) is 0 Å². The maximum atomic E-state index is 12.4. The number of carbonyl (C=O) groups excluding carboxylic acids is 2. The van der Waals surface area contributed by atoms with E-state index in [1.165, 1.54) is 12.3 Å². The van der Waals surface area contributed by atoms with E-state index in [1.807, 2.05) is 43.3 Å². The summed E-state index contributed by atoms with van der Waals surface area (Å²) < 4.78 is 0. The van der Waals surface area contributed by atoms with Gasteiger partial charge in [0.25, 0.3) is 11.8 Å². The van der Waals surface area contributed by atoms with Gasteiger partial charge in [0.1, 0.15) is 5.69 Å². The first kappa shape index (κ1) is 17.4. The zero-order valence-electron chi connectivity index (χ0n) is 14.4. The number of carbonyl (C=O) groups is 2. The lowest BCUT2D eigenvalue weighted by molar-refractivity contribution is 0.0931. The Morgan fingerprint density at radius 2 is 1.81 bits per heavy atom. The van der Waals surface area contributed by atoms with Gasteiger partial charge in [-0.15, -0.1) is 0 Å². The molecule has 0 saturated carbocycles. The lowest BCUT2D eigenvalue weighted by Crippen LogP contribution is -2.27. The van der Waals surface area contributed by atoms with Gasteiger partial charge in [-0.2, -0.15) is 0 Å². The summed E-state index contributed by atoms with van der Waals surface area (Å²) >= 11 is 0. The molecule has 0 atom stereocenters. The Hall–Kier alpha value is -3.47. The molecule has 3 rings (SSSR count). The summed E-state index contributed by atoms with van der Waals surface area (Å²) in [6.07, 6.45) is 1.43. The van der Waals surface area contributed by atoms with Gasteiger partial charge >= 0.3 is 0 Å². The number of benzene rings is 2. The van der Waals surface area contributed by atoms with Crippen LogP contribution in [0.2, 0.25) is 0 Å². The standard InChI is InChI=1S/C21H19N3O2/c1-14-12-15(9-10-17(14)16-6-3-2-4-7-16)13-24-21(26)18-8-5-11-23-19(18)20(22)25/h2-12H,13H2,1H3,(H2,22,25)(H,24,26). The second-order valence-electron chi connectivity index (χ2n) is 5.96. The smallest absolute Gasteiger partial charge is 0.268 e. The highest BCUT2D eigenvalue weighted by Crippen LogP contribution is 2.24. The van der Waals surface area contributed by atoms with Crippen LogP contribution in [0.1, 0.15) is 32.0 Å². The van der Waals surface area contributed by atoms with Crippen LogP contribution >= 0.6 is 0 Å². The van der Waals surface area contributed by atoms with Gasteiger partial charge in [-0.25, -0.2) is 0 Å². The van der Waals surface area contributed by atoms with E-state index in [-0.39, 0.29) is 17.2 Å². The molecule has 0 bridgehead atoms. The van der Waals surface area contributed by atoms with Crippen molar-refractivity contribution in [3.05, 3.63) is 89.2 Å². The lowest BCUT2D eigenvalue weighted by Gasteiger charge is -2.11. The van der Waals surface area contributed by atoms with Gasteiger partial charge < -0.3 is 11.1 Å². The van der Waals surface area contributed by atoms with Crippen molar-refractivity contribution in [2.75, 3.05) is 0 Å². The molecule has 5 heteroatoms. The molecule has 26 heavy (non-hydrogen) atoms. The van der Waals surface area contributed by atoms with E-state index in [1.54, 1.807) is 6.07 Å². The van der Waals surface area contributed by atoms with Crippen LogP contribution < -0.4 is 11.1 Å². The Labute approximate surface area is 151 Å². The second kappa shape index (κ2) is 7.61. The molecule has 0 aliphatic carbocycles. The minimum Gasteiger partial charge on any atom is -0.364 e. The van der Waals surface area contributed by atoms with E-state index in [4.69, 9.17) is 5.73 Å². The highest BCUT2D eigenvalue weighted by molar-refractivity contribution is 6.05. The molecule has 3 N–H and O–H groups in total. The van der Waals surface area contributed by atoms with Crippen molar-refractivity contribution in [2.45, 2.75) is 13.5 Å². The number of aromatic nitrogens is 1. The van der Waals surface area contributed by atoms with Crippen LogP contribution in [-0.2, 0) is 6.54 Å². The number of amides is 2. The largest absolute Gasteiger partial charge is 0.364 e. The molecular formula is C21H19N3O2. The van der Waals surface area contributed by atoms with Gasteiger partial charge in [-0.05, 0) is 41.3 Å². The van der Waals surface area contributed by atoms with Crippen molar-refractivity contribution >= 4 is 11.8 Å². The zero-order valence-corrected chi connectivity index (χ0v) is 14.4. The SMILES string of the molecule is Cc1cc(CNC(=O)c2cccnc2C(N)=O)ccc1-c1ccccc1. The molecule has 0 fully saturated rings. The molecular weight excluding hydrogens is 326 g/mol. The molecule has 3 aromatic rings. The summed E-state index contributed by atoms with van der Waals surface area (Å²) in [5.41, 5.74) is 9.83. The highest BCUT2D eigenvalue weighted by atomic mass is 16.2. The van der Waals surface area contributed by atoms with Gasteiger partial charge in [-0.3, -0.25) is 14.6 Å². The molecule has 130 valence electrons. The lowest BCUT2D eigenvalue weighted by atomic mass is 9.98. The van der Waals surface area contributed by atoms with Crippen LogP contribution in [0, 0.1) is 6.92 Å². The Morgan fingerprint density at radius 1 is 1.04 bits per heavy atom. The molecule has 0 aliphatic rings. The second-order valence-corrected chi connectivity index (χ2v) is 5.96. The number of nitrogens with zero attached hydrogens (tertiary/aromatic N) is 1. The average Bonchev–Trinajstić information content (AvgIpc) is 2.67. The maximum Gasteiger partial charge on any atom is 0.268 e. The summed E-state index contributed by atoms with van der Waals surface area (Å²) in [7, 11) is 0. The first-order valence-corrected chi connectivity index (χ1v) is 8.24. The predicted octanol–water partition coefficient (Wildman–Crippen LogP) is 3.09. The first-order valence-electron chi connectivity index (χ1n) is 8.24.